The van der Waals surface area contributed by atoms with E-state index in [0.717, 1.165) is 33.1 Å². The quantitative estimate of drug-likeness (QED) is 0.374. The van der Waals surface area contributed by atoms with Crippen LogP contribution in [-0.4, -0.2) is 33.9 Å². The molecule has 2 aromatic carbocycles. The molecule has 0 radical (unpaired) electrons. The Kier molecular flexibility index (Phi) is 6.50. The SMILES string of the molecule is Cc1ccc(NC(=O)CN2C(=O)N/C(=C\c3cc(C)n(-c4ccc(Cl)c(Cl)c4)c3C)C2=O)cc1. The van der Waals surface area contributed by atoms with Gasteiger partial charge >= 0.3 is 6.03 Å². The molecule has 1 aliphatic rings. The first-order valence-electron chi connectivity index (χ1n) is 10.5. The van der Waals surface area contributed by atoms with E-state index in [4.69, 9.17) is 23.2 Å². The fourth-order valence-electron chi connectivity index (χ4n) is 3.81. The second-order valence-electron chi connectivity index (χ2n) is 8.05. The summed E-state index contributed by atoms with van der Waals surface area (Å²) in [5.41, 5.74) is 5.08. The fourth-order valence-corrected chi connectivity index (χ4v) is 4.10. The van der Waals surface area contributed by atoms with Gasteiger partial charge in [0.1, 0.15) is 12.2 Å². The van der Waals surface area contributed by atoms with Gasteiger partial charge in [0.15, 0.2) is 0 Å². The highest BCUT2D eigenvalue weighted by Crippen LogP contribution is 2.28. The van der Waals surface area contributed by atoms with Gasteiger partial charge in [0.05, 0.1) is 10.0 Å². The molecule has 1 saturated heterocycles. The number of urea groups is 1. The molecular formula is C25H22Cl2N4O3. The van der Waals surface area contributed by atoms with Crippen LogP contribution in [0.2, 0.25) is 10.0 Å². The molecule has 4 amide bonds. The highest BCUT2D eigenvalue weighted by molar-refractivity contribution is 6.42. The molecule has 2 N–H and O–H groups in total. The maximum absolute atomic E-state index is 12.9. The van der Waals surface area contributed by atoms with Crippen molar-refractivity contribution in [2.24, 2.45) is 0 Å². The minimum Gasteiger partial charge on any atom is -0.325 e. The first-order chi connectivity index (χ1) is 16.1. The van der Waals surface area contributed by atoms with Crippen molar-refractivity contribution in [1.29, 1.82) is 0 Å². The lowest BCUT2D eigenvalue weighted by Crippen LogP contribution is -2.38. The Morgan fingerprint density at radius 1 is 1.00 bits per heavy atom. The number of nitrogens with one attached hydrogen (secondary N) is 2. The van der Waals surface area contributed by atoms with Crippen molar-refractivity contribution in [1.82, 2.24) is 14.8 Å². The largest absolute Gasteiger partial charge is 0.329 e. The Morgan fingerprint density at radius 3 is 2.38 bits per heavy atom. The molecule has 0 spiro atoms. The number of rotatable bonds is 5. The first kappa shape index (κ1) is 23.6. The summed E-state index contributed by atoms with van der Waals surface area (Å²) in [6.45, 7) is 5.37. The Morgan fingerprint density at radius 2 is 1.71 bits per heavy atom. The molecule has 1 fully saturated rings. The lowest BCUT2D eigenvalue weighted by Gasteiger charge is -2.12. The van der Waals surface area contributed by atoms with Gasteiger partial charge in [-0.2, -0.15) is 0 Å². The van der Waals surface area contributed by atoms with Crippen LogP contribution >= 0.6 is 23.2 Å². The molecular weight excluding hydrogens is 475 g/mol. The van der Waals surface area contributed by atoms with Crippen molar-refractivity contribution in [2.75, 3.05) is 11.9 Å². The van der Waals surface area contributed by atoms with Crippen LogP contribution in [0.5, 0.6) is 0 Å². The van der Waals surface area contributed by atoms with Crippen LogP contribution in [-0.2, 0) is 9.59 Å². The number of hydrogen-bond donors (Lipinski definition) is 2. The van der Waals surface area contributed by atoms with E-state index in [-0.39, 0.29) is 5.70 Å². The first-order valence-corrected chi connectivity index (χ1v) is 11.2. The zero-order valence-corrected chi connectivity index (χ0v) is 20.3. The fraction of sp³-hybridized carbons (Fsp3) is 0.160. The number of imide groups is 1. The van der Waals surface area contributed by atoms with Crippen LogP contribution in [0.3, 0.4) is 0 Å². The number of anilines is 1. The van der Waals surface area contributed by atoms with E-state index in [9.17, 15) is 14.4 Å². The molecule has 1 aliphatic heterocycles. The highest BCUT2D eigenvalue weighted by atomic mass is 35.5. The second-order valence-corrected chi connectivity index (χ2v) is 8.87. The summed E-state index contributed by atoms with van der Waals surface area (Å²) in [5.74, 6) is -1.03. The standard InChI is InChI=1S/C25H22Cl2N4O3/c1-14-4-6-18(7-5-14)28-23(32)13-30-24(33)22(29-25(30)34)11-17-10-15(2)31(16(17)3)19-8-9-20(26)21(27)12-19/h4-12H,13H2,1-3H3,(H,28,32)(H,29,34)/b22-11-. The smallest absolute Gasteiger partial charge is 0.325 e. The van der Waals surface area contributed by atoms with Gasteiger partial charge < -0.3 is 15.2 Å². The number of aromatic nitrogens is 1. The van der Waals surface area contributed by atoms with Crippen LogP contribution < -0.4 is 10.6 Å². The van der Waals surface area contributed by atoms with Crippen molar-refractivity contribution >= 4 is 52.8 Å². The number of amides is 4. The summed E-state index contributed by atoms with van der Waals surface area (Å²) in [7, 11) is 0. The zero-order valence-electron chi connectivity index (χ0n) is 18.8. The lowest BCUT2D eigenvalue weighted by atomic mass is 10.2. The van der Waals surface area contributed by atoms with Gasteiger partial charge in [-0.1, -0.05) is 40.9 Å². The minimum atomic E-state index is -0.645. The second kappa shape index (κ2) is 9.37. The molecule has 174 valence electrons. The average Bonchev–Trinajstić information content (AvgIpc) is 3.21. The Bertz CT molecular complexity index is 1340. The van der Waals surface area contributed by atoms with Gasteiger partial charge in [0, 0.05) is 22.8 Å². The van der Waals surface area contributed by atoms with E-state index < -0.39 is 24.4 Å². The molecule has 34 heavy (non-hydrogen) atoms. The number of aryl methyl sites for hydroxylation is 2. The van der Waals surface area contributed by atoms with Gasteiger partial charge in [-0.25, -0.2) is 9.69 Å². The monoisotopic (exact) mass is 496 g/mol. The molecule has 0 bridgehead atoms. The molecule has 9 heteroatoms. The topological polar surface area (TPSA) is 83.4 Å². The van der Waals surface area contributed by atoms with E-state index in [0.29, 0.717) is 15.7 Å². The molecule has 4 rings (SSSR count). The predicted octanol–water partition coefficient (Wildman–Crippen LogP) is 5.24. The summed E-state index contributed by atoms with van der Waals surface area (Å²) in [5, 5.41) is 6.15. The third-order valence-electron chi connectivity index (χ3n) is 5.53. The molecule has 1 aromatic heterocycles. The van der Waals surface area contributed by atoms with E-state index in [1.54, 1.807) is 30.3 Å². The summed E-state index contributed by atoms with van der Waals surface area (Å²) >= 11 is 12.2. The summed E-state index contributed by atoms with van der Waals surface area (Å²) in [6.07, 6.45) is 1.61. The number of nitrogens with zero attached hydrogens (tertiary/aromatic N) is 2. The third-order valence-corrected chi connectivity index (χ3v) is 6.27. The predicted molar refractivity (Wildman–Crippen MR) is 133 cm³/mol. The third kappa shape index (κ3) is 4.71. The molecule has 0 atom stereocenters. The number of halogens is 2. The Hall–Kier alpha value is -3.55. The van der Waals surface area contributed by atoms with E-state index >= 15 is 0 Å². The van der Waals surface area contributed by atoms with Crippen LogP contribution in [0.25, 0.3) is 11.8 Å². The molecule has 0 unspecified atom stereocenters. The van der Waals surface area contributed by atoms with Crippen LogP contribution in [0.4, 0.5) is 10.5 Å². The van der Waals surface area contributed by atoms with Gasteiger partial charge in [-0.3, -0.25) is 9.59 Å². The summed E-state index contributed by atoms with van der Waals surface area (Å²) in [6, 6.07) is 13.8. The molecule has 0 saturated carbocycles. The van der Waals surface area contributed by atoms with E-state index in [2.05, 4.69) is 10.6 Å². The number of carbonyl (C=O) groups is 3. The van der Waals surface area contributed by atoms with Gasteiger partial charge in [-0.05, 0) is 68.8 Å². The Labute approximate surface area is 207 Å². The van der Waals surface area contributed by atoms with Gasteiger partial charge in [0.25, 0.3) is 5.91 Å². The highest BCUT2D eigenvalue weighted by Gasteiger charge is 2.35. The van der Waals surface area contributed by atoms with Gasteiger partial charge in [0.2, 0.25) is 5.91 Å². The lowest BCUT2D eigenvalue weighted by molar-refractivity contribution is -0.127. The summed E-state index contributed by atoms with van der Waals surface area (Å²) in [4.78, 5) is 38.5. The van der Waals surface area contributed by atoms with Crippen molar-refractivity contribution < 1.29 is 14.4 Å². The van der Waals surface area contributed by atoms with Crippen molar-refractivity contribution in [3.05, 3.63) is 86.8 Å². The maximum atomic E-state index is 12.9. The summed E-state index contributed by atoms with van der Waals surface area (Å²) < 4.78 is 1.97. The number of benzene rings is 2. The number of hydrogen-bond acceptors (Lipinski definition) is 3. The molecule has 3 aromatic rings. The van der Waals surface area contributed by atoms with E-state index in [1.165, 1.54) is 0 Å². The minimum absolute atomic E-state index is 0.0996. The van der Waals surface area contributed by atoms with Crippen LogP contribution in [0.15, 0.2) is 54.2 Å². The number of carbonyl (C=O) groups excluding carboxylic acids is 3. The normalized spacial score (nSPS) is 14.6. The maximum Gasteiger partial charge on any atom is 0.329 e. The van der Waals surface area contributed by atoms with Crippen molar-refractivity contribution in [2.45, 2.75) is 20.8 Å². The average molecular weight is 497 g/mol. The van der Waals surface area contributed by atoms with Crippen molar-refractivity contribution in [3.63, 3.8) is 0 Å². The van der Waals surface area contributed by atoms with Crippen LogP contribution in [0.1, 0.15) is 22.5 Å². The van der Waals surface area contributed by atoms with Gasteiger partial charge in [-0.15, -0.1) is 0 Å². The zero-order chi connectivity index (χ0) is 24.6. The van der Waals surface area contributed by atoms with Crippen LogP contribution in [0, 0.1) is 20.8 Å². The Balaban J connectivity index is 1.53. The molecule has 7 nitrogen and oxygen atoms in total. The molecule has 0 aliphatic carbocycles. The van der Waals surface area contributed by atoms with Crippen molar-refractivity contribution in [3.8, 4) is 5.69 Å². The molecule has 2 heterocycles. The van der Waals surface area contributed by atoms with E-state index in [1.807, 2.05) is 49.6 Å².